The summed E-state index contributed by atoms with van der Waals surface area (Å²) in [6, 6.07) is 18.0. The minimum Gasteiger partial charge on any atom is -0.0588 e. The van der Waals surface area contributed by atoms with Gasteiger partial charge in [-0.15, -0.1) is 0 Å². The smallest absolute Gasteiger partial charge is 0.00256 e. The van der Waals surface area contributed by atoms with E-state index in [2.05, 4.69) is 104 Å². The Hall–Kier alpha value is -2.34. The van der Waals surface area contributed by atoms with Crippen LogP contribution >= 0.6 is 0 Å². The Morgan fingerprint density at radius 2 is 0.667 bits per heavy atom. The fourth-order valence-electron chi connectivity index (χ4n) is 3.17. The zero-order chi connectivity index (χ0) is 20.1. The van der Waals surface area contributed by atoms with E-state index >= 15 is 0 Å². The number of benzene rings is 3. The summed E-state index contributed by atoms with van der Waals surface area (Å²) >= 11 is 0. The molecule has 0 nitrogen and oxygen atoms in total. The zero-order valence-corrected chi connectivity index (χ0v) is 18.3. The minimum absolute atomic E-state index is 1.03. The molecule has 0 aromatic heterocycles. The Balaban J connectivity index is 0.000000223. The highest BCUT2D eigenvalue weighted by Crippen LogP contribution is 2.17. The molecule has 27 heavy (non-hydrogen) atoms. The van der Waals surface area contributed by atoms with Crippen molar-refractivity contribution in [1.29, 1.82) is 0 Å². The first-order valence-corrected chi connectivity index (χ1v) is 9.84. The topological polar surface area (TPSA) is 0 Å². The Morgan fingerprint density at radius 1 is 0.370 bits per heavy atom. The molecule has 0 aliphatic carbocycles. The van der Waals surface area contributed by atoms with E-state index in [4.69, 9.17) is 0 Å². The summed E-state index contributed by atoms with van der Waals surface area (Å²) in [6.45, 7) is 17.3. The van der Waals surface area contributed by atoms with Crippen LogP contribution in [0.1, 0.15) is 55.6 Å². The van der Waals surface area contributed by atoms with Gasteiger partial charge in [0.2, 0.25) is 0 Å². The van der Waals surface area contributed by atoms with Crippen molar-refractivity contribution in [1.82, 2.24) is 0 Å². The van der Waals surface area contributed by atoms with Crippen molar-refractivity contribution < 1.29 is 0 Å². The largest absolute Gasteiger partial charge is 0.0588 e. The maximum atomic E-state index is 2.30. The van der Waals surface area contributed by atoms with Crippen molar-refractivity contribution in [3.8, 4) is 0 Å². The summed E-state index contributed by atoms with van der Waals surface area (Å²) in [4.78, 5) is 0. The third-order valence-corrected chi connectivity index (χ3v) is 5.66. The van der Waals surface area contributed by atoms with Gasteiger partial charge in [-0.3, -0.25) is 0 Å². The first kappa shape index (κ1) is 21.0. The van der Waals surface area contributed by atoms with Crippen molar-refractivity contribution in [3.05, 3.63) is 104 Å². The van der Waals surface area contributed by atoms with Crippen LogP contribution in [0.2, 0.25) is 0 Å². The third kappa shape index (κ3) is 5.82. The fraction of sp³-hybridized carbons (Fsp3) is 0.333. The highest BCUT2D eigenvalue weighted by molar-refractivity contribution is 5.37. The molecule has 0 heterocycles. The SMILES string of the molecule is Cc1cc(C)c(C)cc1C.Cc1ccc(Cc2ccc(C)c(C)c2)cc1C. The lowest BCUT2D eigenvalue weighted by atomic mass is 9.98. The Labute approximate surface area is 166 Å². The summed E-state index contributed by atoms with van der Waals surface area (Å²) in [5.74, 6) is 0. The van der Waals surface area contributed by atoms with Gasteiger partial charge in [0.1, 0.15) is 0 Å². The van der Waals surface area contributed by atoms with Gasteiger partial charge in [0.05, 0.1) is 0 Å². The number of hydrogen-bond donors (Lipinski definition) is 0. The standard InChI is InChI=1S/C17H20.C10H14/c1-12-5-7-16(9-14(12)3)11-17-8-6-13(2)15(4)10-17;1-7-5-9(3)10(4)6-8(7)2/h5-10H,11H2,1-4H3;5-6H,1-4H3. The van der Waals surface area contributed by atoms with Crippen LogP contribution in [0.4, 0.5) is 0 Å². The molecule has 0 saturated carbocycles. The van der Waals surface area contributed by atoms with E-state index in [1.807, 2.05) is 0 Å². The van der Waals surface area contributed by atoms with E-state index in [9.17, 15) is 0 Å². The van der Waals surface area contributed by atoms with Gasteiger partial charge in [-0.1, -0.05) is 48.5 Å². The van der Waals surface area contributed by atoms with Crippen molar-refractivity contribution in [2.75, 3.05) is 0 Å². The second-order valence-corrected chi connectivity index (χ2v) is 8.03. The van der Waals surface area contributed by atoms with Gasteiger partial charge in [-0.2, -0.15) is 0 Å². The molecule has 0 heteroatoms. The molecule has 0 amide bonds. The van der Waals surface area contributed by atoms with E-state index in [0.717, 1.165) is 6.42 Å². The molecule has 142 valence electrons. The predicted octanol–water partition coefficient (Wildman–Crippen LogP) is 7.43. The van der Waals surface area contributed by atoms with Crippen LogP contribution in [0.3, 0.4) is 0 Å². The first-order valence-electron chi connectivity index (χ1n) is 9.84. The molecule has 0 atom stereocenters. The van der Waals surface area contributed by atoms with Crippen LogP contribution in [0.15, 0.2) is 48.5 Å². The highest BCUT2D eigenvalue weighted by Gasteiger charge is 2.00. The van der Waals surface area contributed by atoms with Crippen molar-refractivity contribution in [3.63, 3.8) is 0 Å². The zero-order valence-electron chi connectivity index (χ0n) is 18.3. The maximum absolute atomic E-state index is 2.30. The van der Waals surface area contributed by atoms with Crippen molar-refractivity contribution >= 4 is 0 Å². The lowest BCUT2D eigenvalue weighted by Crippen LogP contribution is -1.92. The molecule has 0 unspecified atom stereocenters. The maximum Gasteiger partial charge on any atom is -0.00256 e. The molecule has 3 aromatic rings. The fourth-order valence-corrected chi connectivity index (χ4v) is 3.17. The molecule has 0 fully saturated rings. The molecular weight excluding hydrogens is 324 g/mol. The molecule has 0 saturated heterocycles. The monoisotopic (exact) mass is 358 g/mol. The number of hydrogen-bond acceptors (Lipinski definition) is 0. The molecule has 3 rings (SSSR count). The van der Waals surface area contributed by atoms with E-state index in [1.54, 1.807) is 0 Å². The minimum atomic E-state index is 1.03. The lowest BCUT2D eigenvalue weighted by Gasteiger charge is -2.07. The molecular formula is C27H34. The molecule has 0 bridgehead atoms. The Morgan fingerprint density at radius 3 is 0.963 bits per heavy atom. The van der Waals surface area contributed by atoms with Crippen LogP contribution in [-0.2, 0) is 6.42 Å². The molecule has 0 spiro atoms. The number of rotatable bonds is 2. The molecule has 0 aliphatic rings. The average molecular weight is 359 g/mol. The normalized spacial score (nSPS) is 10.4. The van der Waals surface area contributed by atoms with E-state index < -0.39 is 0 Å². The summed E-state index contributed by atoms with van der Waals surface area (Å²) in [5.41, 5.74) is 13.9. The summed E-state index contributed by atoms with van der Waals surface area (Å²) in [5, 5.41) is 0. The Bertz CT molecular complexity index is 829. The van der Waals surface area contributed by atoms with Gasteiger partial charge in [0, 0.05) is 0 Å². The lowest BCUT2D eigenvalue weighted by molar-refractivity contribution is 1.15. The van der Waals surface area contributed by atoms with Crippen LogP contribution in [0.25, 0.3) is 0 Å². The Kier molecular flexibility index (Phi) is 7.02. The van der Waals surface area contributed by atoms with Gasteiger partial charge < -0.3 is 0 Å². The van der Waals surface area contributed by atoms with E-state index in [0.29, 0.717) is 0 Å². The average Bonchev–Trinajstić information content (AvgIpc) is 2.60. The summed E-state index contributed by atoms with van der Waals surface area (Å²) < 4.78 is 0. The van der Waals surface area contributed by atoms with Gasteiger partial charge >= 0.3 is 0 Å². The van der Waals surface area contributed by atoms with Crippen molar-refractivity contribution in [2.24, 2.45) is 0 Å². The van der Waals surface area contributed by atoms with Crippen LogP contribution in [0.5, 0.6) is 0 Å². The quantitative estimate of drug-likeness (QED) is 0.447. The highest BCUT2D eigenvalue weighted by atomic mass is 14.1. The van der Waals surface area contributed by atoms with Crippen LogP contribution < -0.4 is 0 Å². The summed E-state index contributed by atoms with van der Waals surface area (Å²) in [7, 11) is 0. The molecule has 0 radical (unpaired) electrons. The van der Waals surface area contributed by atoms with Crippen LogP contribution in [-0.4, -0.2) is 0 Å². The van der Waals surface area contributed by atoms with Crippen LogP contribution in [0, 0.1) is 55.4 Å². The first-order chi connectivity index (χ1) is 12.7. The number of aryl methyl sites for hydroxylation is 8. The van der Waals surface area contributed by atoms with Gasteiger partial charge in [-0.25, -0.2) is 0 Å². The molecule has 0 aliphatic heterocycles. The van der Waals surface area contributed by atoms with Gasteiger partial charge in [0.25, 0.3) is 0 Å². The van der Waals surface area contributed by atoms with Crippen molar-refractivity contribution in [2.45, 2.75) is 61.8 Å². The molecule has 0 N–H and O–H groups in total. The van der Waals surface area contributed by atoms with Gasteiger partial charge in [0.15, 0.2) is 0 Å². The third-order valence-electron chi connectivity index (χ3n) is 5.66. The van der Waals surface area contributed by atoms with Gasteiger partial charge in [-0.05, 0) is 117 Å². The summed E-state index contributed by atoms with van der Waals surface area (Å²) in [6.07, 6.45) is 1.03. The second kappa shape index (κ2) is 9.04. The van der Waals surface area contributed by atoms with E-state index in [1.165, 1.54) is 55.6 Å². The second-order valence-electron chi connectivity index (χ2n) is 8.03. The van der Waals surface area contributed by atoms with E-state index in [-0.39, 0.29) is 0 Å². The predicted molar refractivity (Wildman–Crippen MR) is 120 cm³/mol. The molecule has 3 aromatic carbocycles.